The summed E-state index contributed by atoms with van der Waals surface area (Å²) in [5, 5.41) is 8.10. The summed E-state index contributed by atoms with van der Waals surface area (Å²) in [7, 11) is 0. The third-order valence-corrected chi connectivity index (χ3v) is 3.73. The fourth-order valence-electron chi connectivity index (χ4n) is 1.09. The molecule has 0 fully saturated rings. The lowest BCUT2D eigenvalue weighted by atomic mass is 9.75. The van der Waals surface area contributed by atoms with Crippen molar-refractivity contribution in [3.63, 3.8) is 0 Å². The molecule has 0 aromatic carbocycles. The second-order valence-corrected chi connectivity index (χ2v) is 8.49. The molecule has 0 aliphatic heterocycles. The van der Waals surface area contributed by atoms with Gasteiger partial charge in [0.05, 0.1) is 0 Å². The van der Waals surface area contributed by atoms with Gasteiger partial charge in [-0.25, -0.2) is 0 Å². The zero-order chi connectivity index (χ0) is 11.6. The van der Waals surface area contributed by atoms with Crippen LogP contribution in [0.2, 0.25) is 0 Å². The van der Waals surface area contributed by atoms with Gasteiger partial charge in [-0.3, -0.25) is 0 Å². The van der Waals surface area contributed by atoms with E-state index in [1.54, 1.807) is 0 Å². The van der Waals surface area contributed by atoms with Gasteiger partial charge in [0.1, 0.15) is 0 Å². The van der Waals surface area contributed by atoms with Crippen LogP contribution in [0.5, 0.6) is 0 Å². The fraction of sp³-hybridized carbons (Fsp3) is 0.917. The summed E-state index contributed by atoms with van der Waals surface area (Å²) < 4.78 is 0.317. The molecule has 0 atom stereocenters. The molecule has 0 unspecified atom stereocenters. The van der Waals surface area contributed by atoms with Crippen LogP contribution in [0.3, 0.4) is 0 Å². The van der Waals surface area contributed by atoms with Gasteiger partial charge in [0.25, 0.3) is 0 Å². The maximum Gasteiger partial charge on any atom is 0.0169 e. The molecular formula is C12H24IN. The molecule has 0 heterocycles. The van der Waals surface area contributed by atoms with E-state index in [4.69, 9.17) is 5.41 Å². The zero-order valence-electron chi connectivity index (χ0n) is 10.4. The van der Waals surface area contributed by atoms with Crippen molar-refractivity contribution in [1.29, 1.82) is 5.41 Å². The first kappa shape index (κ1) is 14.4. The minimum absolute atomic E-state index is 0.0574. The van der Waals surface area contributed by atoms with Crippen LogP contribution in [-0.2, 0) is 0 Å². The largest absolute Gasteiger partial charge is 0.309 e. The maximum atomic E-state index is 8.10. The van der Waals surface area contributed by atoms with Crippen LogP contribution in [0.15, 0.2) is 0 Å². The van der Waals surface area contributed by atoms with Crippen molar-refractivity contribution < 1.29 is 0 Å². The second-order valence-electron chi connectivity index (χ2n) is 5.57. The smallest absolute Gasteiger partial charge is 0.0169 e. The van der Waals surface area contributed by atoms with E-state index in [-0.39, 0.29) is 5.41 Å². The summed E-state index contributed by atoms with van der Waals surface area (Å²) in [5.74, 6) is 0.548. The Bertz CT molecular complexity index is 199. The fourth-order valence-corrected chi connectivity index (χ4v) is 1.36. The van der Waals surface area contributed by atoms with Crippen molar-refractivity contribution in [3.8, 4) is 0 Å². The van der Waals surface area contributed by atoms with E-state index in [0.29, 0.717) is 9.34 Å². The van der Waals surface area contributed by atoms with Crippen LogP contribution in [-0.4, -0.2) is 9.13 Å². The predicted molar refractivity (Wildman–Crippen MR) is 73.7 cm³/mol. The summed E-state index contributed by atoms with van der Waals surface area (Å²) >= 11 is 2.46. The van der Waals surface area contributed by atoms with Crippen molar-refractivity contribution in [2.75, 3.05) is 0 Å². The van der Waals surface area contributed by atoms with Crippen LogP contribution >= 0.6 is 22.6 Å². The Kier molecular flexibility index (Phi) is 5.09. The lowest BCUT2D eigenvalue weighted by Crippen LogP contribution is -2.30. The molecule has 0 rings (SSSR count). The Morgan fingerprint density at radius 3 is 1.93 bits per heavy atom. The monoisotopic (exact) mass is 309 g/mol. The molecule has 84 valence electrons. The topological polar surface area (TPSA) is 23.9 Å². The molecular weight excluding hydrogens is 285 g/mol. The molecule has 0 radical (unpaired) electrons. The molecule has 0 saturated heterocycles. The Morgan fingerprint density at radius 1 is 1.21 bits per heavy atom. The summed E-state index contributed by atoms with van der Waals surface area (Å²) in [6, 6.07) is 0. The van der Waals surface area contributed by atoms with E-state index < -0.39 is 0 Å². The summed E-state index contributed by atoms with van der Waals surface area (Å²) in [6.07, 6.45) is 2.03. The number of hydrogen-bond acceptors (Lipinski definition) is 1. The highest BCUT2D eigenvalue weighted by atomic mass is 127. The van der Waals surface area contributed by atoms with Crippen LogP contribution in [0.1, 0.15) is 54.4 Å². The number of nitrogens with one attached hydrogen (secondary N) is 1. The Balaban J connectivity index is 4.23. The number of rotatable bonds is 5. The normalized spacial score (nSPS) is 13.4. The minimum atomic E-state index is 0.0574. The van der Waals surface area contributed by atoms with Gasteiger partial charge in [0.2, 0.25) is 0 Å². The van der Waals surface area contributed by atoms with Gasteiger partial charge in [0, 0.05) is 14.5 Å². The summed E-state index contributed by atoms with van der Waals surface area (Å²) in [4.78, 5) is 0. The van der Waals surface area contributed by atoms with Gasteiger partial charge in [-0.15, -0.1) is 0 Å². The van der Waals surface area contributed by atoms with E-state index in [1.165, 1.54) is 0 Å². The SMILES string of the molecule is CC(C)C(C)(C)C(=N)CCC(C)(C)I. The molecule has 1 N–H and O–H groups in total. The zero-order valence-corrected chi connectivity index (χ0v) is 12.5. The first-order valence-corrected chi connectivity index (χ1v) is 6.42. The van der Waals surface area contributed by atoms with Crippen LogP contribution in [0.25, 0.3) is 0 Å². The lowest BCUT2D eigenvalue weighted by Gasteiger charge is -2.31. The third-order valence-electron chi connectivity index (χ3n) is 3.19. The van der Waals surface area contributed by atoms with E-state index in [1.807, 2.05) is 0 Å². The van der Waals surface area contributed by atoms with E-state index >= 15 is 0 Å². The van der Waals surface area contributed by atoms with Gasteiger partial charge in [-0.1, -0.05) is 64.1 Å². The molecule has 0 aliphatic rings. The van der Waals surface area contributed by atoms with Crippen molar-refractivity contribution in [1.82, 2.24) is 0 Å². The van der Waals surface area contributed by atoms with Crippen molar-refractivity contribution >= 4 is 28.3 Å². The molecule has 0 spiro atoms. The standard InChI is InChI=1S/C12H24IN/c1-9(2)12(5,6)10(14)7-8-11(3,4)13/h9,14H,7-8H2,1-6H3. The van der Waals surface area contributed by atoms with Gasteiger partial charge in [-0.05, 0) is 18.8 Å². The second kappa shape index (κ2) is 4.95. The first-order valence-electron chi connectivity index (χ1n) is 5.34. The highest BCUT2D eigenvalue weighted by molar-refractivity contribution is 14.1. The molecule has 0 aliphatic carbocycles. The van der Waals surface area contributed by atoms with Gasteiger partial charge in [0.15, 0.2) is 0 Å². The summed E-state index contributed by atoms with van der Waals surface area (Å²) in [5.41, 5.74) is 0.958. The van der Waals surface area contributed by atoms with Crippen LogP contribution < -0.4 is 0 Å². The molecule has 0 saturated carbocycles. The van der Waals surface area contributed by atoms with E-state index in [0.717, 1.165) is 18.6 Å². The Labute approximate surface area is 103 Å². The predicted octanol–water partition coefficient (Wildman–Crippen LogP) is 4.68. The van der Waals surface area contributed by atoms with Crippen molar-refractivity contribution in [2.45, 2.75) is 57.8 Å². The number of halogens is 1. The van der Waals surface area contributed by atoms with Crippen LogP contribution in [0.4, 0.5) is 0 Å². The molecule has 0 aromatic heterocycles. The molecule has 14 heavy (non-hydrogen) atoms. The molecule has 0 bridgehead atoms. The highest BCUT2D eigenvalue weighted by Crippen LogP contribution is 2.32. The van der Waals surface area contributed by atoms with Crippen LogP contribution in [0, 0.1) is 16.7 Å². The van der Waals surface area contributed by atoms with Gasteiger partial charge in [-0.2, -0.15) is 0 Å². The molecule has 2 heteroatoms. The number of alkyl halides is 1. The van der Waals surface area contributed by atoms with Gasteiger partial charge < -0.3 is 5.41 Å². The van der Waals surface area contributed by atoms with E-state index in [2.05, 4.69) is 64.1 Å². The quantitative estimate of drug-likeness (QED) is 0.433. The lowest BCUT2D eigenvalue weighted by molar-refractivity contribution is 0.355. The first-order chi connectivity index (χ1) is 6.07. The maximum absolute atomic E-state index is 8.10. The molecule has 1 nitrogen and oxygen atoms in total. The van der Waals surface area contributed by atoms with Gasteiger partial charge >= 0.3 is 0 Å². The van der Waals surface area contributed by atoms with Crippen molar-refractivity contribution in [2.24, 2.45) is 11.3 Å². The minimum Gasteiger partial charge on any atom is -0.309 e. The Morgan fingerprint density at radius 2 is 1.64 bits per heavy atom. The Hall–Kier alpha value is 0.400. The van der Waals surface area contributed by atoms with E-state index in [9.17, 15) is 0 Å². The number of hydrogen-bond donors (Lipinski definition) is 1. The molecule has 0 aromatic rings. The van der Waals surface area contributed by atoms with Crippen molar-refractivity contribution in [3.05, 3.63) is 0 Å². The average molecular weight is 309 g/mol. The third kappa shape index (κ3) is 4.76. The average Bonchev–Trinajstić information content (AvgIpc) is 1.98. The molecule has 0 amide bonds. The summed E-state index contributed by atoms with van der Waals surface area (Å²) in [6.45, 7) is 13.2. The highest BCUT2D eigenvalue weighted by Gasteiger charge is 2.28.